The maximum Gasteiger partial charge on any atom is 0.158 e. The van der Waals surface area contributed by atoms with Gasteiger partial charge in [0.15, 0.2) is 11.9 Å². The molecule has 0 saturated heterocycles. The molecule has 3 aromatic heterocycles. The molecule has 25 heavy (non-hydrogen) atoms. The van der Waals surface area contributed by atoms with Crippen molar-refractivity contribution in [1.29, 1.82) is 0 Å². The fraction of sp³-hybridized carbons (Fsp3) is 0.368. The van der Waals surface area contributed by atoms with Crippen molar-refractivity contribution >= 4 is 17.3 Å². The quantitative estimate of drug-likeness (QED) is 0.643. The van der Waals surface area contributed by atoms with Gasteiger partial charge in [0.2, 0.25) is 0 Å². The van der Waals surface area contributed by atoms with E-state index in [9.17, 15) is 4.79 Å². The van der Waals surface area contributed by atoms with Gasteiger partial charge in [0, 0.05) is 41.0 Å². The smallest absolute Gasteiger partial charge is 0.158 e. The van der Waals surface area contributed by atoms with Crippen LogP contribution >= 0.6 is 0 Å². The van der Waals surface area contributed by atoms with Crippen LogP contribution in [0.15, 0.2) is 24.7 Å². The van der Waals surface area contributed by atoms with Crippen LogP contribution < -0.4 is 0 Å². The number of fused-ring (bicyclic) bond motifs is 1. The predicted octanol–water partition coefficient (Wildman–Crippen LogP) is 3.56. The molecule has 130 valence electrons. The van der Waals surface area contributed by atoms with E-state index in [1.54, 1.807) is 18.6 Å². The van der Waals surface area contributed by atoms with Crippen LogP contribution in [0.4, 0.5) is 0 Å². The van der Waals surface area contributed by atoms with Gasteiger partial charge < -0.3 is 4.74 Å². The average Bonchev–Trinajstić information content (AvgIpc) is 3.00. The molecule has 0 atom stereocenters. The first-order chi connectivity index (χ1) is 12.0. The van der Waals surface area contributed by atoms with Crippen molar-refractivity contribution in [1.82, 2.24) is 19.7 Å². The van der Waals surface area contributed by atoms with E-state index < -0.39 is 0 Å². The number of hydrogen-bond donors (Lipinski definition) is 0. The van der Waals surface area contributed by atoms with Gasteiger partial charge in [-0.15, -0.1) is 0 Å². The van der Waals surface area contributed by atoms with Gasteiger partial charge in [-0.1, -0.05) is 0 Å². The van der Waals surface area contributed by atoms with Crippen LogP contribution in [0.3, 0.4) is 0 Å². The fourth-order valence-electron chi connectivity index (χ4n) is 2.87. The molecule has 6 heteroatoms. The van der Waals surface area contributed by atoms with Crippen molar-refractivity contribution < 1.29 is 9.53 Å². The zero-order valence-electron chi connectivity index (χ0n) is 15.0. The standard InChI is InChI=1S/C19H22N4O2/c1-5-23-19-15(9-21-23)18(14-6-13(4)7-20-8-14)16(10-24)17(22-19)11-25-12(2)3/h6-10,12H,5,11H2,1-4H3. The molecule has 3 aromatic rings. The Bertz CT molecular complexity index is 915. The van der Waals surface area contributed by atoms with E-state index in [4.69, 9.17) is 4.74 Å². The number of pyridine rings is 2. The molecule has 0 aliphatic carbocycles. The summed E-state index contributed by atoms with van der Waals surface area (Å²) >= 11 is 0. The Kier molecular flexibility index (Phi) is 4.90. The predicted molar refractivity (Wildman–Crippen MR) is 96.5 cm³/mol. The molecule has 3 rings (SSSR count). The van der Waals surface area contributed by atoms with E-state index >= 15 is 0 Å². The maximum absolute atomic E-state index is 11.9. The van der Waals surface area contributed by atoms with Crippen LogP contribution in [0.1, 0.15) is 42.4 Å². The van der Waals surface area contributed by atoms with Gasteiger partial charge >= 0.3 is 0 Å². The number of aldehydes is 1. The van der Waals surface area contributed by atoms with E-state index in [0.717, 1.165) is 34.0 Å². The molecule has 0 saturated carbocycles. The lowest BCUT2D eigenvalue weighted by atomic mass is 9.97. The molecule has 3 heterocycles. The third-order valence-corrected chi connectivity index (χ3v) is 4.04. The molecule has 0 bridgehead atoms. The first-order valence-corrected chi connectivity index (χ1v) is 8.42. The van der Waals surface area contributed by atoms with Crippen molar-refractivity contribution in [3.63, 3.8) is 0 Å². The second kappa shape index (κ2) is 7.11. The van der Waals surface area contributed by atoms with Crippen molar-refractivity contribution in [2.75, 3.05) is 0 Å². The molecule has 0 amide bonds. The SMILES string of the molecule is CCn1ncc2c(-c3cncc(C)c3)c(C=O)c(COC(C)C)nc21. The Morgan fingerprint density at radius 1 is 1.28 bits per heavy atom. The lowest BCUT2D eigenvalue weighted by Crippen LogP contribution is -2.09. The monoisotopic (exact) mass is 338 g/mol. The van der Waals surface area contributed by atoms with Gasteiger partial charge in [0.25, 0.3) is 0 Å². The Morgan fingerprint density at radius 2 is 2.08 bits per heavy atom. The first-order valence-electron chi connectivity index (χ1n) is 8.42. The van der Waals surface area contributed by atoms with Crippen LogP contribution in [0.25, 0.3) is 22.2 Å². The third-order valence-electron chi connectivity index (χ3n) is 4.04. The largest absolute Gasteiger partial charge is 0.372 e. The maximum atomic E-state index is 11.9. The van der Waals surface area contributed by atoms with Crippen LogP contribution in [0, 0.1) is 6.92 Å². The number of ether oxygens (including phenoxy) is 1. The third kappa shape index (κ3) is 3.30. The minimum Gasteiger partial charge on any atom is -0.372 e. The highest BCUT2D eigenvalue weighted by Gasteiger charge is 2.19. The Labute approximate surface area is 146 Å². The zero-order chi connectivity index (χ0) is 18.0. The normalized spacial score (nSPS) is 11.4. The molecule has 0 radical (unpaired) electrons. The Morgan fingerprint density at radius 3 is 2.72 bits per heavy atom. The van der Waals surface area contributed by atoms with Crippen LogP contribution in [-0.4, -0.2) is 32.1 Å². The molecule has 0 unspecified atom stereocenters. The summed E-state index contributed by atoms with van der Waals surface area (Å²) in [5.74, 6) is 0. The van der Waals surface area contributed by atoms with E-state index in [2.05, 4.69) is 15.1 Å². The number of carbonyl (C=O) groups is 1. The van der Waals surface area contributed by atoms with Crippen LogP contribution in [0.2, 0.25) is 0 Å². The van der Waals surface area contributed by atoms with Gasteiger partial charge in [-0.05, 0) is 39.3 Å². The number of hydrogen-bond acceptors (Lipinski definition) is 5. The number of rotatable bonds is 6. The second-order valence-electron chi connectivity index (χ2n) is 6.27. The summed E-state index contributed by atoms with van der Waals surface area (Å²) in [6.07, 6.45) is 6.24. The van der Waals surface area contributed by atoms with E-state index in [1.165, 1.54) is 0 Å². The summed E-state index contributed by atoms with van der Waals surface area (Å²) in [6, 6.07) is 2.02. The molecule has 6 nitrogen and oxygen atoms in total. The molecule has 0 N–H and O–H groups in total. The topological polar surface area (TPSA) is 69.9 Å². The van der Waals surface area contributed by atoms with E-state index in [-0.39, 0.29) is 12.7 Å². The van der Waals surface area contributed by atoms with Gasteiger partial charge in [-0.25, -0.2) is 9.67 Å². The number of aromatic nitrogens is 4. The Balaban J connectivity index is 2.31. The lowest BCUT2D eigenvalue weighted by molar-refractivity contribution is 0.0631. The lowest BCUT2D eigenvalue weighted by Gasteiger charge is -2.14. The second-order valence-corrected chi connectivity index (χ2v) is 6.27. The minimum absolute atomic E-state index is 0.0529. The average molecular weight is 338 g/mol. The molecule has 0 fully saturated rings. The van der Waals surface area contributed by atoms with Crippen molar-refractivity contribution in [3.05, 3.63) is 41.5 Å². The zero-order valence-corrected chi connectivity index (χ0v) is 15.0. The van der Waals surface area contributed by atoms with Crippen LogP contribution in [0.5, 0.6) is 0 Å². The highest BCUT2D eigenvalue weighted by atomic mass is 16.5. The van der Waals surface area contributed by atoms with Gasteiger partial charge in [-0.3, -0.25) is 9.78 Å². The summed E-state index contributed by atoms with van der Waals surface area (Å²) in [5.41, 5.74) is 4.66. The van der Waals surface area contributed by atoms with Crippen molar-refractivity contribution in [2.45, 2.75) is 47.0 Å². The molecule has 0 aliphatic rings. The molecular formula is C19H22N4O2. The number of nitrogens with zero attached hydrogens (tertiary/aromatic N) is 4. The summed E-state index contributed by atoms with van der Waals surface area (Å²) in [5, 5.41) is 5.26. The van der Waals surface area contributed by atoms with Gasteiger partial charge in [0.05, 0.1) is 24.6 Å². The highest BCUT2D eigenvalue weighted by molar-refractivity contribution is 6.02. The first kappa shape index (κ1) is 17.2. The fourth-order valence-corrected chi connectivity index (χ4v) is 2.87. The summed E-state index contributed by atoms with van der Waals surface area (Å²) < 4.78 is 7.55. The highest BCUT2D eigenvalue weighted by Crippen LogP contribution is 2.32. The van der Waals surface area contributed by atoms with Crippen LogP contribution in [-0.2, 0) is 17.9 Å². The number of carbonyl (C=O) groups excluding carboxylic acids is 1. The summed E-state index contributed by atoms with van der Waals surface area (Å²) in [6.45, 7) is 8.89. The molecule has 0 aliphatic heterocycles. The molecule has 0 spiro atoms. The summed E-state index contributed by atoms with van der Waals surface area (Å²) in [7, 11) is 0. The van der Waals surface area contributed by atoms with Gasteiger partial charge in [-0.2, -0.15) is 5.10 Å². The van der Waals surface area contributed by atoms with E-state index in [0.29, 0.717) is 17.8 Å². The minimum atomic E-state index is 0.0529. The molecule has 0 aromatic carbocycles. The van der Waals surface area contributed by atoms with E-state index in [1.807, 2.05) is 38.4 Å². The molecular weight excluding hydrogens is 316 g/mol. The summed E-state index contributed by atoms with van der Waals surface area (Å²) in [4.78, 5) is 20.9. The van der Waals surface area contributed by atoms with Gasteiger partial charge in [0.1, 0.15) is 0 Å². The van der Waals surface area contributed by atoms with Crippen molar-refractivity contribution in [2.24, 2.45) is 0 Å². The number of aryl methyl sites for hydroxylation is 2. The Hall–Kier alpha value is -2.60. The van der Waals surface area contributed by atoms with Crippen molar-refractivity contribution in [3.8, 4) is 11.1 Å².